The highest BCUT2D eigenvalue weighted by Gasteiger charge is 2.46. The lowest BCUT2D eigenvalue weighted by atomic mass is 9.96. The zero-order chi connectivity index (χ0) is 102. The van der Waals surface area contributed by atoms with Crippen molar-refractivity contribution in [3.8, 4) is 22.8 Å². The molecule has 0 spiro atoms. The van der Waals surface area contributed by atoms with E-state index in [9.17, 15) is 53.4 Å². The molecule has 9 rings (SSSR count). The van der Waals surface area contributed by atoms with Crippen LogP contribution in [0, 0.1) is 11.3 Å². The van der Waals surface area contributed by atoms with E-state index in [1.54, 1.807) is 80.7 Å². The number of primary amides is 2. The molecule has 44 heteroatoms. The number of carbonyl (C=O) groups excluding carboxylic acids is 17. The number of thioether (sulfide) groups is 1. The summed E-state index contributed by atoms with van der Waals surface area (Å²) in [4.78, 5) is 263. The number of aliphatic hydroxyl groups is 1. The average molecular weight is 1960 g/mol. The molecule has 3 aliphatic rings. The Morgan fingerprint density at radius 2 is 1.09 bits per heavy atom. The number of ether oxygens (including phenoxy) is 1. The lowest BCUT2D eigenvalue weighted by Crippen LogP contribution is -2.62. The van der Waals surface area contributed by atoms with Crippen LogP contribution >= 0.6 is 11.8 Å². The van der Waals surface area contributed by atoms with E-state index in [0.717, 1.165) is 31.4 Å². The topological polar surface area (TPSA) is 648 Å². The Morgan fingerprint density at radius 3 is 1.69 bits per heavy atom. The number of amides is 17. The van der Waals surface area contributed by atoms with Crippen molar-refractivity contribution in [2.45, 2.75) is 235 Å². The summed E-state index contributed by atoms with van der Waals surface area (Å²) in [5, 5.41) is 60.0. The molecule has 24 N–H and O–H groups in total. The number of rotatable bonds is 28. The Kier molecular flexibility index (Phi) is 41.3. The summed E-state index contributed by atoms with van der Waals surface area (Å²) in [5.41, 5.74) is 26.9. The molecule has 4 aromatic carbocycles. The van der Waals surface area contributed by atoms with Crippen LogP contribution in [0.4, 0.5) is 0 Å². The average Bonchev–Trinajstić information content (AvgIpc) is 1.62. The fourth-order valence-electron chi connectivity index (χ4n) is 17.4. The summed E-state index contributed by atoms with van der Waals surface area (Å²) < 4.78 is 5.80. The molecule has 6 aromatic rings. The summed E-state index contributed by atoms with van der Waals surface area (Å²) in [5.74, 6) is -17.1. The first-order valence-electron chi connectivity index (χ1n) is 47.4. The number of likely N-dealkylation sites (N-methyl/N-ethyl adjacent to an activating group) is 3. The number of carbonyl (C=O) groups is 17. The molecule has 17 amide bonds. The van der Waals surface area contributed by atoms with Gasteiger partial charge in [0.05, 0.1) is 31.9 Å². The molecule has 2 aromatic heterocycles. The number of aromatic amines is 2. The van der Waals surface area contributed by atoms with Gasteiger partial charge in [0.25, 0.3) is 0 Å². The van der Waals surface area contributed by atoms with Crippen LogP contribution in [0.3, 0.4) is 0 Å². The van der Waals surface area contributed by atoms with Crippen molar-refractivity contribution in [1.82, 2.24) is 93.0 Å². The highest BCUT2D eigenvalue weighted by atomic mass is 32.2. The van der Waals surface area contributed by atoms with E-state index in [4.69, 9.17) is 33.1 Å². The van der Waals surface area contributed by atoms with Gasteiger partial charge in [-0.25, -0.2) is 0 Å². The quantitative estimate of drug-likeness (QED) is 0.0162. The molecule has 5 heterocycles. The summed E-state index contributed by atoms with van der Waals surface area (Å²) >= 11 is 0.762. The Balaban J connectivity index is 1.12. The molecular weight excluding hydrogens is 1830 g/mol. The van der Waals surface area contributed by atoms with Crippen LogP contribution < -0.4 is 86.2 Å². The molecule has 3 saturated heterocycles. The predicted octanol–water partition coefficient (Wildman–Crippen LogP) is -0.841. The molecular formula is C96H135N23O20S. The van der Waals surface area contributed by atoms with Gasteiger partial charge in [-0.05, 0) is 148 Å². The maximum atomic E-state index is 16.3. The summed E-state index contributed by atoms with van der Waals surface area (Å²) in [6.07, 6.45) is 1.79. The minimum atomic E-state index is -1.90. The van der Waals surface area contributed by atoms with Gasteiger partial charge in [-0.3, -0.25) is 86.9 Å². The number of fused-ring (bicyclic) bond motifs is 4. The van der Waals surface area contributed by atoms with Gasteiger partial charge in [0.15, 0.2) is 5.96 Å². The van der Waals surface area contributed by atoms with Gasteiger partial charge in [0, 0.05) is 106 Å². The van der Waals surface area contributed by atoms with Gasteiger partial charge < -0.3 is 131 Å². The molecule has 760 valence electrons. The number of aromatic nitrogens is 2. The third kappa shape index (κ3) is 30.1. The van der Waals surface area contributed by atoms with Crippen molar-refractivity contribution in [3.05, 3.63) is 120 Å². The minimum absolute atomic E-state index is 0.000288. The fraction of sp³-hybridized carbons (Fsp3) is 0.521. The van der Waals surface area contributed by atoms with Crippen molar-refractivity contribution in [2.75, 3.05) is 78.6 Å². The van der Waals surface area contributed by atoms with Crippen molar-refractivity contribution in [2.24, 2.45) is 28.9 Å². The smallest absolute Gasteiger partial charge is 0.246 e. The van der Waals surface area contributed by atoms with Crippen LogP contribution in [0.2, 0.25) is 0 Å². The van der Waals surface area contributed by atoms with Gasteiger partial charge in [-0.2, -0.15) is 0 Å². The lowest BCUT2D eigenvalue weighted by molar-refractivity contribution is -0.149. The molecule has 43 nitrogen and oxygen atoms in total. The number of hydrogen-bond donors (Lipinski definition) is 20. The monoisotopic (exact) mass is 1960 g/mol. The number of phenolic OH excluding ortho intramolecular Hbond substituents is 1. The van der Waals surface area contributed by atoms with Crippen molar-refractivity contribution in [3.63, 3.8) is 0 Å². The molecule has 0 radical (unpaired) electrons. The van der Waals surface area contributed by atoms with Crippen LogP contribution in [-0.2, 0) is 101 Å². The molecule has 3 fully saturated rings. The molecule has 3 unspecified atom stereocenters. The Labute approximate surface area is 816 Å². The second-order valence-corrected chi connectivity index (χ2v) is 36.9. The Morgan fingerprint density at radius 1 is 0.543 bits per heavy atom. The number of H-pyrrole nitrogens is 2. The van der Waals surface area contributed by atoms with E-state index in [1.165, 1.54) is 57.2 Å². The van der Waals surface area contributed by atoms with Crippen molar-refractivity contribution < 1.29 is 96.5 Å². The van der Waals surface area contributed by atoms with Crippen LogP contribution in [-0.4, -0.2) is 314 Å². The summed E-state index contributed by atoms with van der Waals surface area (Å²) in [6, 6.07) is 5.45. The number of aromatic hydroxyl groups is 1. The molecule has 14 atom stereocenters. The highest BCUT2D eigenvalue weighted by molar-refractivity contribution is 8.00. The second kappa shape index (κ2) is 52.7. The standard InChI is InChI=1S/C96H135N23O20S/c1-10-13-27-74-88(131)107-65(26-19-39-102-96(100)101)84(127)114-73(83(126)104-49-79(99)123)51-140-52-80(124)105-68(43-55-31-35-58(121)36-32-55)91(134)115(7)54(6)82(125)109-70(46-78(98)122)94(137)119-41-21-30-76(119)90(133)112-71(47-97)86(129)110-67(42-53(4)5)93(136)118-40-20-29-75(118)89(132)108-66(44-57-48-103-63-24-17-15-22-60(57)63)85(128)113-72(50-120)87(130)111-69(92(135)117(9)77(28-14-11-2)95(138)116(74)8)45-62-61-23-16-18-25-64(61)106-81(62)56-33-37-59(38-34-56)139-12-3/h15-18,22-25,31-38,48,53-54,65-77,103,106,120-121H,10-14,19-21,26-30,39-47,49-52,97H2,1-9H3,(H2,98,122)(H2,99,123)(H,104,126)(H,105,124)(H,107,131)(H,108,132)(H,109,125)(H,110,129)(H,111,130)(H,112,133)(H,113,128)(H,114,127)(H4,100,101,102)/t54-,65?,66-,67-,68-,69-,70-,71-,72-,73-,74-,75?,76?,77-/m0/s1. The fourth-order valence-corrected chi connectivity index (χ4v) is 18.3. The molecule has 0 aliphatic carbocycles. The summed E-state index contributed by atoms with van der Waals surface area (Å²) in [7, 11) is 3.94. The van der Waals surface area contributed by atoms with Gasteiger partial charge in [-0.1, -0.05) is 102 Å². The number of hydrogen-bond acceptors (Lipinski definition) is 23. The maximum Gasteiger partial charge on any atom is 0.246 e. The highest BCUT2D eigenvalue weighted by Crippen LogP contribution is 2.34. The third-order valence-corrected chi connectivity index (χ3v) is 26.2. The number of unbranched alkanes of at least 4 members (excludes halogenated alkanes) is 2. The zero-order valence-corrected chi connectivity index (χ0v) is 81.4. The van der Waals surface area contributed by atoms with E-state index < -0.39 is 229 Å². The Bertz CT molecular complexity index is 5410. The van der Waals surface area contributed by atoms with Crippen LogP contribution in [0.25, 0.3) is 33.1 Å². The molecule has 140 heavy (non-hydrogen) atoms. The number of benzene rings is 4. The van der Waals surface area contributed by atoms with Crippen LogP contribution in [0.5, 0.6) is 11.5 Å². The lowest BCUT2D eigenvalue weighted by Gasteiger charge is -2.36. The molecule has 0 saturated carbocycles. The molecule has 0 bridgehead atoms. The van der Waals surface area contributed by atoms with Gasteiger partial charge in [0.1, 0.15) is 96.1 Å². The number of para-hydroxylation sites is 2. The predicted molar refractivity (Wildman–Crippen MR) is 522 cm³/mol. The normalized spacial score (nSPS) is 23.7. The Hall–Kier alpha value is -13.9. The van der Waals surface area contributed by atoms with Crippen LogP contribution in [0.1, 0.15) is 148 Å². The summed E-state index contributed by atoms with van der Waals surface area (Å²) in [6.45, 7) is 8.20. The number of nitrogens with zero attached hydrogens (tertiary/aromatic N) is 5. The van der Waals surface area contributed by atoms with Crippen molar-refractivity contribution >= 4 is 140 Å². The minimum Gasteiger partial charge on any atom is -0.508 e. The number of nitrogens with two attached hydrogens (primary N) is 4. The first kappa shape index (κ1) is 110. The number of guanidine groups is 1. The number of aliphatic hydroxyl groups excluding tert-OH is 1. The van der Waals surface area contributed by atoms with E-state index >= 15 is 38.4 Å². The first-order valence-corrected chi connectivity index (χ1v) is 48.6. The van der Waals surface area contributed by atoms with E-state index in [2.05, 4.69) is 68.5 Å². The van der Waals surface area contributed by atoms with Gasteiger partial charge in [0.2, 0.25) is 100 Å². The van der Waals surface area contributed by atoms with Gasteiger partial charge in [-0.15, -0.1) is 11.8 Å². The zero-order valence-electron chi connectivity index (χ0n) is 80.6. The molecule has 3 aliphatic heterocycles. The number of nitrogens with one attached hydrogen (secondary N) is 14. The third-order valence-electron chi connectivity index (χ3n) is 25.1. The van der Waals surface area contributed by atoms with E-state index in [-0.39, 0.29) is 108 Å². The SMILES string of the molecule is CCCC[C@H]1C(=O)N(C)[C@@H](CCCC)C(=O)NC(CCCNC(=N)N)C(=O)N[C@H](C(=O)NCC(N)=O)CSCC(=O)N[C@@H](Cc2ccc(O)cc2)C(=O)N(C)[C@@H](C)C(=O)N[C@@H](CC(N)=O)C(=O)N2CCCC2C(=O)N[C@@H](CN)C(=O)N[C@@H](CC(C)C)C(=O)N2CCCC2C(=O)N[C@@H](Cc2c[nH]c3ccccc23)C(=O)N[C@@H](CO)C(=O)N[C@@H](Cc2c(-c3ccc(OCC)cc3)[nH]c3ccccc23)C(=O)N1C. The van der Waals surface area contributed by atoms with Gasteiger partial charge >= 0.3 is 0 Å². The second-order valence-electron chi connectivity index (χ2n) is 35.8. The van der Waals surface area contributed by atoms with Crippen LogP contribution in [0.15, 0.2) is 103 Å². The largest absolute Gasteiger partial charge is 0.508 e. The maximum absolute atomic E-state index is 16.3. The van der Waals surface area contributed by atoms with E-state index in [0.29, 0.717) is 87.8 Å². The number of phenols is 1. The van der Waals surface area contributed by atoms with Crippen molar-refractivity contribution in [1.29, 1.82) is 5.41 Å². The van der Waals surface area contributed by atoms with E-state index in [1.807, 2.05) is 32.9 Å². The first-order chi connectivity index (χ1) is 66.8.